The van der Waals surface area contributed by atoms with Gasteiger partial charge in [-0.3, -0.25) is 0 Å². The molecule has 0 aromatic rings. The van der Waals surface area contributed by atoms with Crippen molar-refractivity contribution in [2.75, 3.05) is 0 Å². The van der Waals surface area contributed by atoms with Crippen LogP contribution in [0, 0.1) is 5.92 Å². The van der Waals surface area contributed by atoms with E-state index in [0.29, 0.717) is 5.92 Å². The third kappa shape index (κ3) is 1.86. The molecule has 0 saturated heterocycles. The minimum atomic E-state index is 0. The van der Waals surface area contributed by atoms with Crippen molar-refractivity contribution in [3.63, 3.8) is 0 Å². The number of hydrogen-bond donors (Lipinski definition) is 0. The van der Waals surface area contributed by atoms with Gasteiger partial charge in [0.1, 0.15) is 0 Å². The molecule has 0 heterocycles. The fraction of sp³-hybridized carbons (Fsp3) is 0.636. The van der Waals surface area contributed by atoms with Gasteiger partial charge in [-0.15, -0.1) is 0 Å². The van der Waals surface area contributed by atoms with Crippen LogP contribution in [0.2, 0.25) is 0 Å². The average molecular weight is 174 g/mol. The molecule has 1 aliphatic rings. The van der Waals surface area contributed by atoms with Crippen molar-refractivity contribution in [3.05, 3.63) is 22.3 Å². The molecule has 1 heteroatoms. The zero-order valence-corrected chi connectivity index (χ0v) is 11.3. The summed E-state index contributed by atoms with van der Waals surface area (Å²) in [4.78, 5) is 0. The molecule has 0 aromatic heterocycles. The molecular formula is C11H19Na. The predicted octanol–water partition coefficient (Wildman–Crippen LogP) is 0.815. The Kier molecular flexibility index (Phi) is 4.83. The predicted molar refractivity (Wildman–Crippen MR) is 51.6 cm³/mol. The van der Waals surface area contributed by atoms with Crippen molar-refractivity contribution >= 4 is 0 Å². The molecule has 0 N–H and O–H groups in total. The minimum Gasteiger partial charge on any atom is -1.00 e. The van der Waals surface area contributed by atoms with E-state index in [1.54, 1.807) is 11.1 Å². The molecule has 0 amide bonds. The van der Waals surface area contributed by atoms with E-state index in [1.165, 1.54) is 17.6 Å². The molecule has 0 aliphatic heterocycles. The smallest absolute Gasteiger partial charge is 1.00 e. The molecule has 0 nitrogen and oxygen atoms in total. The monoisotopic (exact) mass is 174 g/mol. The summed E-state index contributed by atoms with van der Waals surface area (Å²) in [5, 5.41) is 0. The maximum atomic E-state index is 2.31. The van der Waals surface area contributed by atoms with Gasteiger partial charge >= 0.3 is 29.6 Å². The molecule has 1 atom stereocenters. The zero-order chi connectivity index (χ0) is 8.59. The second kappa shape index (κ2) is 4.64. The summed E-state index contributed by atoms with van der Waals surface area (Å²) in [6.07, 6.45) is 1.21. The van der Waals surface area contributed by atoms with Gasteiger partial charge in [-0.2, -0.15) is 0 Å². The van der Waals surface area contributed by atoms with E-state index in [9.17, 15) is 0 Å². The van der Waals surface area contributed by atoms with Crippen molar-refractivity contribution < 1.29 is 31.0 Å². The van der Waals surface area contributed by atoms with Gasteiger partial charge in [0.2, 0.25) is 0 Å². The summed E-state index contributed by atoms with van der Waals surface area (Å²) in [5.41, 5.74) is 6.27. The van der Waals surface area contributed by atoms with Crippen molar-refractivity contribution in [2.45, 2.75) is 41.0 Å². The first kappa shape index (κ1) is 12.5. The minimum absolute atomic E-state index is 0. The quantitative estimate of drug-likeness (QED) is 0.516. The normalized spacial score (nSPS) is 23.2. The summed E-state index contributed by atoms with van der Waals surface area (Å²) in [5.74, 6) is 0.708. The Morgan fingerprint density at radius 3 is 1.83 bits per heavy atom. The van der Waals surface area contributed by atoms with Crippen molar-refractivity contribution in [3.8, 4) is 0 Å². The topological polar surface area (TPSA) is 0 Å². The molecular weight excluding hydrogens is 155 g/mol. The molecule has 0 fully saturated rings. The van der Waals surface area contributed by atoms with Gasteiger partial charge < -0.3 is 1.43 Å². The Morgan fingerprint density at radius 1 is 1.17 bits per heavy atom. The maximum absolute atomic E-state index is 2.31. The fourth-order valence-electron chi connectivity index (χ4n) is 2.02. The van der Waals surface area contributed by atoms with Crippen LogP contribution >= 0.6 is 0 Å². The fourth-order valence-corrected chi connectivity index (χ4v) is 2.02. The van der Waals surface area contributed by atoms with Crippen LogP contribution in [0.25, 0.3) is 0 Å². The molecule has 64 valence electrons. The molecule has 0 saturated carbocycles. The average Bonchev–Trinajstić information content (AvgIpc) is 2.17. The molecule has 0 spiro atoms. The van der Waals surface area contributed by atoms with Gasteiger partial charge in [-0.1, -0.05) is 25.0 Å². The number of hydrogen-bond acceptors (Lipinski definition) is 0. The van der Waals surface area contributed by atoms with Crippen LogP contribution in [0.5, 0.6) is 0 Å². The van der Waals surface area contributed by atoms with Crippen molar-refractivity contribution in [2.24, 2.45) is 5.92 Å². The van der Waals surface area contributed by atoms with E-state index in [4.69, 9.17) is 0 Å². The summed E-state index contributed by atoms with van der Waals surface area (Å²) in [7, 11) is 0. The van der Waals surface area contributed by atoms with Gasteiger partial charge in [0.15, 0.2) is 0 Å². The Morgan fingerprint density at radius 2 is 1.67 bits per heavy atom. The van der Waals surface area contributed by atoms with E-state index in [1.807, 2.05) is 0 Å². The second-order valence-electron chi connectivity index (χ2n) is 3.53. The Hall–Kier alpha value is 0.480. The number of allylic oxidation sites excluding steroid dienone is 4. The zero-order valence-electron chi connectivity index (χ0n) is 10.3. The largest absolute Gasteiger partial charge is 1.00 e. The molecule has 1 aliphatic carbocycles. The number of rotatable bonds is 1. The third-order valence-electron chi connectivity index (χ3n) is 3.19. The first-order chi connectivity index (χ1) is 5.09. The Bertz CT molecular complexity index is 238. The van der Waals surface area contributed by atoms with Crippen LogP contribution < -0.4 is 29.6 Å². The van der Waals surface area contributed by atoms with Gasteiger partial charge in [-0.05, 0) is 44.3 Å². The van der Waals surface area contributed by atoms with Crippen LogP contribution in [0.4, 0.5) is 0 Å². The Labute approximate surface area is 99.9 Å². The van der Waals surface area contributed by atoms with Gasteiger partial charge in [-0.25, -0.2) is 0 Å². The molecule has 0 radical (unpaired) electrons. The maximum Gasteiger partial charge on any atom is 1.00 e. The van der Waals surface area contributed by atoms with Gasteiger partial charge in [0.05, 0.1) is 0 Å². The van der Waals surface area contributed by atoms with E-state index in [0.717, 1.165) is 0 Å². The van der Waals surface area contributed by atoms with Crippen LogP contribution in [-0.4, -0.2) is 0 Å². The van der Waals surface area contributed by atoms with Gasteiger partial charge in [0, 0.05) is 0 Å². The van der Waals surface area contributed by atoms with Crippen LogP contribution in [0.3, 0.4) is 0 Å². The van der Waals surface area contributed by atoms with Crippen molar-refractivity contribution in [1.29, 1.82) is 0 Å². The first-order valence-electron chi connectivity index (χ1n) is 4.47. The summed E-state index contributed by atoms with van der Waals surface area (Å²) in [6.45, 7) is 11.3. The summed E-state index contributed by atoms with van der Waals surface area (Å²) >= 11 is 0. The van der Waals surface area contributed by atoms with Crippen molar-refractivity contribution in [1.82, 2.24) is 0 Å². The third-order valence-corrected chi connectivity index (χ3v) is 3.19. The molecule has 1 rings (SSSR count). The van der Waals surface area contributed by atoms with Gasteiger partial charge in [0.25, 0.3) is 0 Å². The molecule has 12 heavy (non-hydrogen) atoms. The molecule has 0 aromatic carbocycles. The Balaban J connectivity index is 0. The second-order valence-corrected chi connectivity index (χ2v) is 3.53. The van der Waals surface area contributed by atoms with E-state index < -0.39 is 0 Å². The first-order valence-corrected chi connectivity index (χ1v) is 4.47. The van der Waals surface area contributed by atoms with E-state index >= 15 is 0 Å². The molecule has 0 bridgehead atoms. The molecule has 1 unspecified atom stereocenters. The van der Waals surface area contributed by atoms with E-state index in [-0.39, 0.29) is 31.0 Å². The SMILES string of the molecule is CCC1=C(C)C(C)=C(C)C1C.[H-].[Na+]. The van der Waals surface area contributed by atoms with E-state index in [2.05, 4.69) is 34.6 Å². The summed E-state index contributed by atoms with van der Waals surface area (Å²) < 4.78 is 0. The van der Waals surface area contributed by atoms with Crippen LogP contribution in [0.1, 0.15) is 42.5 Å². The standard InChI is InChI=1S/C11H18.Na.H/c1-6-11-9(4)7(2)8(3)10(11)5;;/h9H,6H2,1-5H3;;/q;+1;-1. The van der Waals surface area contributed by atoms with Crippen LogP contribution in [-0.2, 0) is 0 Å². The summed E-state index contributed by atoms with van der Waals surface area (Å²) in [6, 6.07) is 0. The van der Waals surface area contributed by atoms with Crippen LogP contribution in [0.15, 0.2) is 22.3 Å².